The van der Waals surface area contributed by atoms with Crippen LogP contribution in [-0.2, 0) is 16.0 Å². The van der Waals surface area contributed by atoms with Crippen LogP contribution in [0.1, 0.15) is 29.7 Å². The molecule has 0 saturated heterocycles. The molecule has 1 aliphatic rings. The van der Waals surface area contributed by atoms with Crippen molar-refractivity contribution < 1.29 is 19.1 Å². The van der Waals surface area contributed by atoms with Crippen molar-refractivity contribution >= 4 is 17.5 Å². The SMILES string of the molecule is CC(NC(=O)COc1ccccc1Cc1ccccc1)c1ccc2c(c1)NC(=O)CO2. The van der Waals surface area contributed by atoms with Crippen LogP contribution in [0.25, 0.3) is 0 Å². The quantitative estimate of drug-likeness (QED) is 0.613. The minimum absolute atomic E-state index is 0.0156. The van der Waals surface area contributed by atoms with Gasteiger partial charge in [-0.05, 0) is 41.8 Å². The zero-order valence-corrected chi connectivity index (χ0v) is 17.3. The second-order valence-corrected chi connectivity index (χ2v) is 7.44. The van der Waals surface area contributed by atoms with E-state index in [0.29, 0.717) is 17.2 Å². The molecule has 1 atom stereocenters. The van der Waals surface area contributed by atoms with Crippen LogP contribution < -0.4 is 20.1 Å². The van der Waals surface area contributed by atoms with Crippen molar-refractivity contribution in [2.45, 2.75) is 19.4 Å². The molecule has 31 heavy (non-hydrogen) atoms. The third-order valence-corrected chi connectivity index (χ3v) is 5.08. The number of fused-ring (bicyclic) bond motifs is 1. The summed E-state index contributed by atoms with van der Waals surface area (Å²) in [5, 5.41) is 5.72. The van der Waals surface area contributed by atoms with Crippen molar-refractivity contribution in [3.05, 3.63) is 89.5 Å². The van der Waals surface area contributed by atoms with E-state index in [4.69, 9.17) is 9.47 Å². The summed E-state index contributed by atoms with van der Waals surface area (Å²) in [5.74, 6) is 0.909. The van der Waals surface area contributed by atoms with E-state index in [9.17, 15) is 9.59 Å². The van der Waals surface area contributed by atoms with Crippen molar-refractivity contribution in [1.82, 2.24) is 5.32 Å². The van der Waals surface area contributed by atoms with Crippen LogP contribution in [-0.4, -0.2) is 25.0 Å². The molecule has 1 heterocycles. The van der Waals surface area contributed by atoms with Crippen molar-refractivity contribution in [3.63, 3.8) is 0 Å². The number of amides is 2. The molecule has 0 aliphatic carbocycles. The molecule has 1 unspecified atom stereocenters. The van der Waals surface area contributed by atoms with Gasteiger partial charge in [-0.2, -0.15) is 0 Å². The number of benzene rings is 3. The van der Waals surface area contributed by atoms with Gasteiger partial charge in [0, 0.05) is 6.42 Å². The Morgan fingerprint density at radius 3 is 2.71 bits per heavy atom. The number of para-hydroxylation sites is 1. The molecule has 0 fully saturated rings. The van der Waals surface area contributed by atoms with Crippen molar-refractivity contribution in [1.29, 1.82) is 0 Å². The number of anilines is 1. The Hall–Kier alpha value is -3.80. The topological polar surface area (TPSA) is 76.7 Å². The van der Waals surface area contributed by atoms with Crippen LogP contribution in [0.4, 0.5) is 5.69 Å². The van der Waals surface area contributed by atoms with E-state index in [-0.39, 0.29) is 31.1 Å². The van der Waals surface area contributed by atoms with Crippen molar-refractivity contribution in [3.8, 4) is 11.5 Å². The summed E-state index contributed by atoms with van der Waals surface area (Å²) in [7, 11) is 0. The van der Waals surface area contributed by atoms with Crippen molar-refractivity contribution in [2.24, 2.45) is 0 Å². The fraction of sp³-hybridized carbons (Fsp3) is 0.200. The lowest BCUT2D eigenvalue weighted by Crippen LogP contribution is -2.31. The lowest BCUT2D eigenvalue weighted by atomic mass is 10.0. The zero-order chi connectivity index (χ0) is 21.6. The van der Waals surface area contributed by atoms with Gasteiger partial charge in [0.05, 0.1) is 11.7 Å². The fourth-order valence-electron chi connectivity index (χ4n) is 3.49. The minimum atomic E-state index is -0.250. The normalized spacial score (nSPS) is 13.4. The van der Waals surface area contributed by atoms with Crippen LogP contribution >= 0.6 is 0 Å². The van der Waals surface area contributed by atoms with Crippen LogP contribution in [0.15, 0.2) is 72.8 Å². The van der Waals surface area contributed by atoms with Gasteiger partial charge in [0.1, 0.15) is 11.5 Å². The van der Waals surface area contributed by atoms with Gasteiger partial charge in [0.25, 0.3) is 11.8 Å². The van der Waals surface area contributed by atoms with E-state index in [0.717, 1.165) is 17.5 Å². The minimum Gasteiger partial charge on any atom is -0.483 e. The first-order chi connectivity index (χ1) is 15.1. The van der Waals surface area contributed by atoms with E-state index >= 15 is 0 Å². The Morgan fingerprint density at radius 1 is 1.10 bits per heavy atom. The standard InChI is InChI=1S/C25H24N2O4/c1-17(19-11-12-23-21(14-19)27-25(29)16-31-23)26-24(28)15-30-22-10-6-5-9-20(22)13-18-7-3-2-4-8-18/h2-12,14,17H,13,15-16H2,1H3,(H,26,28)(H,27,29). The molecule has 0 bridgehead atoms. The van der Waals surface area contributed by atoms with Crippen LogP contribution in [0, 0.1) is 0 Å². The van der Waals surface area contributed by atoms with Gasteiger partial charge < -0.3 is 20.1 Å². The zero-order valence-electron chi connectivity index (χ0n) is 17.3. The average molecular weight is 416 g/mol. The summed E-state index contributed by atoms with van der Waals surface area (Å²) in [6.45, 7) is 1.82. The van der Waals surface area contributed by atoms with E-state index in [1.807, 2.05) is 61.5 Å². The first kappa shape index (κ1) is 20.5. The monoisotopic (exact) mass is 416 g/mol. The molecule has 6 heteroatoms. The molecule has 158 valence electrons. The lowest BCUT2D eigenvalue weighted by molar-refractivity contribution is -0.123. The molecule has 0 saturated carbocycles. The Kier molecular flexibility index (Phi) is 6.17. The maximum absolute atomic E-state index is 12.5. The average Bonchev–Trinajstić information content (AvgIpc) is 2.78. The molecule has 3 aromatic rings. The van der Waals surface area contributed by atoms with E-state index < -0.39 is 0 Å². The maximum Gasteiger partial charge on any atom is 0.262 e. The highest BCUT2D eigenvalue weighted by molar-refractivity contribution is 5.95. The molecule has 2 amide bonds. The summed E-state index contributed by atoms with van der Waals surface area (Å²) < 4.78 is 11.2. The highest BCUT2D eigenvalue weighted by Gasteiger charge is 2.18. The molecule has 6 nitrogen and oxygen atoms in total. The Bertz CT molecular complexity index is 1080. The second-order valence-electron chi connectivity index (χ2n) is 7.44. The van der Waals surface area contributed by atoms with E-state index in [2.05, 4.69) is 22.8 Å². The van der Waals surface area contributed by atoms with Crippen LogP contribution in [0.5, 0.6) is 11.5 Å². The molecule has 1 aliphatic heterocycles. The van der Waals surface area contributed by atoms with Gasteiger partial charge in [-0.1, -0.05) is 54.6 Å². The molecule has 4 rings (SSSR count). The van der Waals surface area contributed by atoms with Gasteiger partial charge >= 0.3 is 0 Å². The number of hydrogen-bond donors (Lipinski definition) is 2. The first-order valence-corrected chi connectivity index (χ1v) is 10.2. The molecule has 0 spiro atoms. The van der Waals surface area contributed by atoms with Crippen LogP contribution in [0.3, 0.4) is 0 Å². The molecule has 0 aromatic heterocycles. The van der Waals surface area contributed by atoms with Gasteiger partial charge in [-0.3, -0.25) is 9.59 Å². The Morgan fingerprint density at radius 2 is 1.87 bits per heavy atom. The number of hydrogen-bond acceptors (Lipinski definition) is 4. The van der Waals surface area contributed by atoms with E-state index in [1.54, 1.807) is 6.07 Å². The highest BCUT2D eigenvalue weighted by atomic mass is 16.5. The predicted octanol–water partition coefficient (Wildman–Crippen LogP) is 3.86. The van der Waals surface area contributed by atoms with Gasteiger partial charge in [0.15, 0.2) is 13.2 Å². The summed E-state index contributed by atoms with van der Waals surface area (Å²) in [5.41, 5.74) is 3.68. The smallest absolute Gasteiger partial charge is 0.262 e. The van der Waals surface area contributed by atoms with Gasteiger partial charge in [0.2, 0.25) is 0 Å². The predicted molar refractivity (Wildman–Crippen MR) is 118 cm³/mol. The number of rotatable bonds is 7. The van der Waals surface area contributed by atoms with Crippen LogP contribution in [0.2, 0.25) is 0 Å². The molecule has 2 N–H and O–H groups in total. The molecular formula is C25H24N2O4. The second kappa shape index (κ2) is 9.34. The highest BCUT2D eigenvalue weighted by Crippen LogP contribution is 2.30. The number of carbonyl (C=O) groups is 2. The summed E-state index contributed by atoms with van der Waals surface area (Å²) in [4.78, 5) is 24.0. The third-order valence-electron chi connectivity index (χ3n) is 5.08. The lowest BCUT2D eigenvalue weighted by Gasteiger charge is -2.21. The maximum atomic E-state index is 12.5. The Labute approximate surface area is 181 Å². The Balaban J connectivity index is 1.36. The fourth-order valence-corrected chi connectivity index (χ4v) is 3.49. The molecule has 3 aromatic carbocycles. The molecular weight excluding hydrogens is 392 g/mol. The first-order valence-electron chi connectivity index (χ1n) is 10.2. The summed E-state index contributed by atoms with van der Waals surface area (Å²) >= 11 is 0. The third kappa shape index (κ3) is 5.22. The summed E-state index contributed by atoms with van der Waals surface area (Å²) in [6.07, 6.45) is 0.734. The number of carbonyl (C=O) groups excluding carboxylic acids is 2. The largest absolute Gasteiger partial charge is 0.483 e. The van der Waals surface area contributed by atoms with Crippen molar-refractivity contribution in [2.75, 3.05) is 18.5 Å². The molecule has 0 radical (unpaired) electrons. The van der Waals surface area contributed by atoms with E-state index in [1.165, 1.54) is 5.56 Å². The summed E-state index contributed by atoms with van der Waals surface area (Å²) in [6, 6.07) is 23.1. The number of ether oxygens (including phenoxy) is 2. The van der Waals surface area contributed by atoms with Gasteiger partial charge in [-0.25, -0.2) is 0 Å². The number of nitrogens with one attached hydrogen (secondary N) is 2. The van der Waals surface area contributed by atoms with Gasteiger partial charge in [-0.15, -0.1) is 0 Å².